The summed E-state index contributed by atoms with van der Waals surface area (Å²) in [6.45, 7) is 4.21. The van der Waals surface area contributed by atoms with Crippen LogP contribution in [0, 0.1) is 11.8 Å². The van der Waals surface area contributed by atoms with Crippen LogP contribution in [0.15, 0.2) is 54.7 Å². The van der Waals surface area contributed by atoms with E-state index in [0.717, 1.165) is 57.4 Å². The van der Waals surface area contributed by atoms with Crippen LogP contribution in [-0.4, -0.2) is 52.8 Å². The Morgan fingerprint density at radius 3 is 2.50 bits per heavy atom. The number of carbonyl (C=O) groups excluding carboxylic acids is 2. The van der Waals surface area contributed by atoms with Crippen molar-refractivity contribution in [2.75, 3.05) is 26.2 Å². The van der Waals surface area contributed by atoms with Crippen LogP contribution in [0.2, 0.25) is 0 Å². The largest absolute Gasteiger partial charge is 0.349 e. The normalized spacial score (nSPS) is 20.7. The molecule has 0 unspecified atom stereocenters. The van der Waals surface area contributed by atoms with Gasteiger partial charge < -0.3 is 10.2 Å². The maximum absolute atomic E-state index is 13.4. The number of rotatable bonds is 7. The Labute approximate surface area is 191 Å². The number of benzene rings is 1. The highest BCUT2D eigenvalue weighted by molar-refractivity contribution is 5.79. The average Bonchev–Trinajstić information content (AvgIpc) is 3.01. The predicted molar refractivity (Wildman–Crippen MR) is 124 cm³/mol. The number of nitrogens with one attached hydrogen (secondary N) is 1. The zero-order chi connectivity index (χ0) is 22.2. The summed E-state index contributed by atoms with van der Waals surface area (Å²) >= 11 is 0. The molecule has 6 heteroatoms. The molecule has 0 saturated carbocycles. The second kappa shape index (κ2) is 11.2. The Bertz CT molecular complexity index is 866. The van der Waals surface area contributed by atoms with Gasteiger partial charge in [0, 0.05) is 25.2 Å². The molecule has 1 atom stereocenters. The van der Waals surface area contributed by atoms with Gasteiger partial charge in [-0.1, -0.05) is 42.8 Å². The lowest BCUT2D eigenvalue weighted by Gasteiger charge is -2.36. The lowest BCUT2D eigenvalue weighted by Crippen LogP contribution is -2.45. The van der Waals surface area contributed by atoms with Crippen LogP contribution in [0.3, 0.4) is 0 Å². The van der Waals surface area contributed by atoms with Crippen molar-refractivity contribution in [1.29, 1.82) is 0 Å². The molecule has 2 amide bonds. The first-order valence-electron chi connectivity index (χ1n) is 11.9. The summed E-state index contributed by atoms with van der Waals surface area (Å²) in [6.07, 6.45) is 6.93. The molecule has 4 rings (SSSR count). The summed E-state index contributed by atoms with van der Waals surface area (Å²) in [5.74, 6) is 0.916. The van der Waals surface area contributed by atoms with E-state index in [4.69, 9.17) is 0 Å². The fourth-order valence-electron chi connectivity index (χ4n) is 5.00. The highest BCUT2D eigenvalue weighted by atomic mass is 16.2. The second-order valence-electron chi connectivity index (χ2n) is 9.06. The van der Waals surface area contributed by atoms with E-state index in [9.17, 15) is 9.59 Å². The first kappa shape index (κ1) is 22.5. The zero-order valence-corrected chi connectivity index (χ0v) is 18.8. The number of pyridine rings is 1. The monoisotopic (exact) mass is 434 g/mol. The maximum Gasteiger partial charge on any atom is 0.234 e. The highest BCUT2D eigenvalue weighted by Crippen LogP contribution is 2.32. The van der Waals surface area contributed by atoms with E-state index in [2.05, 4.69) is 32.2 Å². The summed E-state index contributed by atoms with van der Waals surface area (Å²) in [5.41, 5.74) is 2.07. The molecule has 1 aromatic carbocycles. The third-order valence-electron chi connectivity index (χ3n) is 6.80. The van der Waals surface area contributed by atoms with Crippen molar-refractivity contribution in [2.45, 2.75) is 45.2 Å². The van der Waals surface area contributed by atoms with E-state index < -0.39 is 0 Å². The van der Waals surface area contributed by atoms with Crippen LogP contribution in [-0.2, 0) is 22.7 Å². The third kappa shape index (κ3) is 6.16. The molecule has 3 heterocycles. The fraction of sp³-hybridized carbons (Fsp3) is 0.500. The van der Waals surface area contributed by atoms with Crippen LogP contribution in [0.1, 0.15) is 43.4 Å². The number of nitrogens with zero attached hydrogens (tertiary/aromatic N) is 3. The molecule has 2 aromatic rings. The van der Waals surface area contributed by atoms with Gasteiger partial charge in [-0.3, -0.25) is 19.5 Å². The van der Waals surface area contributed by atoms with E-state index in [0.29, 0.717) is 31.5 Å². The van der Waals surface area contributed by atoms with Gasteiger partial charge in [0.1, 0.15) is 0 Å². The number of hydrogen-bond acceptors (Lipinski definition) is 4. The first-order valence-corrected chi connectivity index (χ1v) is 11.9. The van der Waals surface area contributed by atoms with Gasteiger partial charge in [0.2, 0.25) is 11.8 Å². The Hall–Kier alpha value is -2.73. The number of likely N-dealkylation sites (tertiary alicyclic amines) is 2. The van der Waals surface area contributed by atoms with Crippen molar-refractivity contribution >= 4 is 11.8 Å². The first-order chi connectivity index (χ1) is 15.7. The lowest BCUT2D eigenvalue weighted by molar-refractivity contribution is -0.138. The van der Waals surface area contributed by atoms with Gasteiger partial charge >= 0.3 is 0 Å². The molecular weight excluding hydrogens is 400 g/mol. The van der Waals surface area contributed by atoms with Crippen LogP contribution < -0.4 is 5.32 Å². The minimum absolute atomic E-state index is 0.0358. The second-order valence-corrected chi connectivity index (χ2v) is 9.06. The predicted octanol–water partition coefficient (Wildman–Crippen LogP) is 3.24. The standard InChI is InChI=1S/C26H34N4O2/c31-25(28-18-23-10-4-6-14-27-23)20-29-16-12-22(13-17-29)24-11-5-7-15-30(26(24)32)19-21-8-2-1-3-9-21/h1-4,6,8-10,14,22,24H,5,7,11-13,15-20H2,(H,28,31)/t24-/m0/s1. The Morgan fingerprint density at radius 2 is 1.75 bits per heavy atom. The minimum atomic E-state index is 0.0358. The maximum atomic E-state index is 13.4. The average molecular weight is 435 g/mol. The molecular formula is C26H34N4O2. The Kier molecular flexibility index (Phi) is 7.88. The van der Waals surface area contributed by atoms with Crippen LogP contribution in [0.5, 0.6) is 0 Å². The van der Waals surface area contributed by atoms with Crippen molar-refractivity contribution in [3.8, 4) is 0 Å². The van der Waals surface area contributed by atoms with E-state index in [1.54, 1.807) is 6.20 Å². The summed E-state index contributed by atoms with van der Waals surface area (Å²) in [7, 11) is 0. The molecule has 170 valence electrons. The van der Waals surface area contributed by atoms with Crippen LogP contribution in [0.25, 0.3) is 0 Å². The van der Waals surface area contributed by atoms with Crippen molar-refractivity contribution in [3.63, 3.8) is 0 Å². The number of amides is 2. The number of piperidine rings is 1. The van der Waals surface area contributed by atoms with Gasteiger partial charge in [-0.05, 0) is 62.4 Å². The van der Waals surface area contributed by atoms with Gasteiger partial charge in [0.25, 0.3) is 0 Å². The molecule has 0 aliphatic carbocycles. The van der Waals surface area contributed by atoms with E-state index >= 15 is 0 Å². The zero-order valence-electron chi connectivity index (χ0n) is 18.8. The van der Waals surface area contributed by atoms with E-state index in [1.807, 2.05) is 36.4 Å². The quantitative estimate of drug-likeness (QED) is 0.727. The molecule has 2 aliphatic rings. The fourth-order valence-corrected chi connectivity index (χ4v) is 5.00. The summed E-state index contributed by atoms with van der Waals surface area (Å²) in [5, 5.41) is 2.96. The Morgan fingerprint density at radius 1 is 0.969 bits per heavy atom. The van der Waals surface area contributed by atoms with Gasteiger partial charge in [0.15, 0.2) is 0 Å². The van der Waals surface area contributed by atoms with Crippen LogP contribution >= 0.6 is 0 Å². The molecule has 2 fully saturated rings. The van der Waals surface area contributed by atoms with Crippen LogP contribution in [0.4, 0.5) is 0 Å². The molecule has 2 saturated heterocycles. The molecule has 32 heavy (non-hydrogen) atoms. The van der Waals surface area contributed by atoms with Crippen molar-refractivity contribution in [3.05, 3.63) is 66.0 Å². The molecule has 2 aliphatic heterocycles. The molecule has 0 bridgehead atoms. The van der Waals surface area contributed by atoms with E-state index in [1.165, 1.54) is 5.56 Å². The number of hydrogen-bond donors (Lipinski definition) is 1. The van der Waals surface area contributed by atoms with E-state index in [-0.39, 0.29) is 11.8 Å². The Balaban J connectivity index is 1.25. The molecule has 0 radical (unpaired) electrons. The molecule has 0 spiro atoms. The van der Waals surface area contributed by atoms with Gasteiger partial charge in [-0.15, -0.1) is 0 Å². The lowest BCUT2D eigenvalue weighted by atomic mass is 9.81. The summed E-state index contributed by atoms with van der Waals surface area (Å²) in [4.78, 5) is 34.2. The van der Waals surface area contributed by atoms with Crippen molar-refractivity contribution < 1.29 is 9.59 Å². The topological polar surface area (TPSA) is 65.5 Å². The SMILES string of the molecule is O=C(CN1CCC([C@@H]2CCCCN(Cc3ccccc3)C2=O)CC1)NCc1ccccn1. The van der Waals surface area contributed by atoms with Gasteiger partial charge in [0.05, 0.1) is 18.8 Å². The summed E-state index contributed by atoms with van der Waals surface area (Å²) < 4.78 is 0. The third-order valence-corrected chi connectivity index (χ3v) is 6.80. The highest BCUT2D eigenvalue weighted by Gasteiger charge is 2.35. The van der Waals surface area contributed by atoms with Gasteiger partial charge in [-0.25, -0.2) is 0 Å². The number of carbonyl (C=O) groups is 2. The molecule has 1 aromatic heterocycles. The van der Waals surface area contributed by atoms with Crippen molar-refractivity contribution in [2.24, 2.45) is 11.8 Å². The minimum Gasteiger partial charge on any atom is -0.349 e. The molecule has 1 N–H and O–H groups in total. The number of aromatic nitrogens is 1. The smallest absolute Gasteiger partial charge is 0.234 e. The summed E-state index contributed by atoms with van der Waals surface area (Å²) in [6, 6.07) is 16.0. The van der Waals surface area contributed by atoms with Gasteiger partial charge in [-0.2, -0.15) is 0 Å². The van der Waals surface area contributed by atoms with Crippen molar-refractivity contribution in [1.82, 2.24) is 20.1 Å². The molecule has 6 nitrogen and oxygen atoms in total.